The molecule has 0 aromatic carbocycles. The Hall–Kier alpha value is -2.10. The molecule has 0 spiro atoms. The van der Waals surface area contributed by atoms with Crippen LogP contribution in [0.5, 0.6) is 0 Å². The largest absolute Gasteiger partial charge is 0.417 e. The Morgan fingerprint density at radius 2 is 1.88 bits per heavy atom. The van der Waals surface area contributed by atoms with Crippen molar-refractivity contribution in [1.82, 2.24) is 24.9 Å². The first kappa shape index (κ1) is 18.7. The molecule has 0 bridgehead atoms. The predicted molar refractivity (Wildman–Crippen MR) is 88.4 cm³/mol. The molecule has 3 heterocycles. The summed E-state index contributed by atoms with van der Waals surface area (Å²) >= 11 is 17.3. The van der Waals surface area contributed by atoms with Crippen LogP contribution in [0, 0.1) is 0 Å². The van der Waals surface area contributed by atoms with Crippen molar-refractivity contribution < 1.29 is 18.0 Å². The van der Waals surface area contributed by atoms with E-state index in [1.54, 1.807) is 0 Å². The van der Waals surface area contributed by atoms with Gasteiger partial charge in [-0.1, -0.05) is 34.8 Å². The number of hydrogen-bond acceptors (Lipinski definition) is 4. The monoisotopic (exact) mass is 423 g/mol. The van der Waals surface area contributed by atoms with E-state index in [4.69, 9.17) is 34.8 Å². The van der Waals surface area contributed by atoms with Crippen molar-refractivity contribution in [2.75, 3.05) is 0 Å². The second-order valence-electron chi connectivity index (χ2n) is 5.06. The second-order valence-corrected chi connectivity index (χ2v) is 6.24. The summed E-state index contributed by atoms with van der Waals surface area (Å²) in [5.74, 6) is -0.500. The first-order valence-corrected chi connectivity index (χ1v) is 8.00. The van der Waals surface area contributed by atoms with Crippen molar-refractivity contribution in [2.24, 2.45) is 0 Å². The zero-order valence-electron chi connectivity index (χ0n) is 12.5. The molecule has 0 unspecified atom stereocenters. The highest BCUT2D eigenvalue weighted by molar-refractivity contribution is 6.41. The molecule has 0 saturated carbocycles. The summed E-state index contributed by atoms with van der Waals surface area (Å²) in [6, 6.07) is 2.07. The predicted octanol–water partition coefficient (Wildman–Crippen LogP) is 4.03. The zero-order chi connectivity index (χ0) is 19.1. The molecule has 0 saturated heterocycles. The summed E-state index contributed by atoms with van der Waals surface area (Å²) in [5, 5.41) is 9.90. The van der Waals surface area contributed by atoms with E-state index >= 15 is 0 Å². The van der Waals surface area contributed by atoms with Gasteiger partial charge in [-0.25, -0.2) is 4.98 Å². The maximum absolute atomic E-state index is 12.9. The topological polar surface area (TPSA) is 72.2 Å². The maximum atomic E-state index is 12.9. The van der Waals surface area contributed by atoms with Crippen LogP contribution < -0.4 is 5.32 Å². The summed E-state index contributed by atoms with van der Waals surface area (Å²) in [5.41, 5.74) is -0.793. The number of aromatic nitrogens is 4. The van der Waals surface area contributed by atoms with E-state index < -0.39 is 17.6 Å². The van der Waals surface area contributed by atoms with Crippen LogP contribution in [0.2, 0.25) is 15.2 Å². The van der Waals surface area contributed by atoms with Crippen LogP contribution in [-0.2, 0) is 12.7 Å². The molecule has 1 N–H and O–H groups in total. The number of pyridine rings is 2. The number of nitrogens with one attached hydrogen (secondary N) is 1. The number of fused-ring (bicyclic) bond motifs is 1. The Kier molecular flexibility index (Phi) is 4.96. The number of carbonyl (C=O) groups is 1. The average molecular weight is 425 g/mol. The SMILES string of the molecule is O=C(NCc1nnc2c(Cl)cc(C(F)(F)F)cn12)c1cnc(Cl)c(Cl)c1. The highest BCUT2D eigenvalue weighted by Crippen LogP contribution is 2.32. The molecule has 26 heavy (non-hydrogen) atoms. The Labute approximate surface area is 158 Å². The Morgan fingerprint density at radius 3 is 2.54 bits per heavy atom. The fourth-order valence-electron chi connectivity index (χ4n) is 2.08. The fourth-order valence-corrected chi connectivity index (χ4v) is 2.60. The normalized spacial score (nSPS) is 11.8. The Morgan fingerprint density at radius 1 is 1.15 bits per heavy atom. The van der Waals surface area contributed by atoms with E-state index in [0.29, 0.717) is 0 Å². The lowest BCUT2D eigenvalue weighted by Crippen LogP contribution is -2.24. The van der Waals surface area contributed by atoms with Gasteiger partial charge < -0.3 is 5.32 Å². The highest BCUT2D eigenvalue weighted by Gasteiger charge is 2.32. The zero-order valence-corrected chi connectivity index (χ0v) is 14.7. The van der Waals surface area contributed by atoms with Crippen molar-refractivity contribution in [3.8, 4) is 0 Å². The second kappa shape index (κ2) is 6.90. The average Bonchev–Trinajstić information content (AvgIpc) is 2.98. The lowest BCUT2D eigenvalue weighted by Gasteiger charge is -2.09. The van der Waals surface area contributed by atoms with Crippen LogP contribution >= 0.6 is 34.8 Å². The van der Waals surface area contributed by atoms with E-state index in [2.05, 4.69) is 20.5 Å². The molecule has 0 atom stereocenters. The third-order valence-corrected chi connectivity index (χ3v) is 4.29. The summed E-state index contributed by atoms with van der Waals surface area (Å²) in [6.07, 6.45) is -2.57. The van der Waals surface area contributed by atoms with Crippen molar-refractivity contribution in [3.63, 3.8) is 0 Å². The number of hydrogen-bond donors (Lipinski definition) is 1. The Balaban J connectivity index is 1.86. The van der Waals surface area contributed by atoms with Crippen molar-refractivity contribution in [1.29, 1.82) is 0 Å². The molecule has 0 radical (unpaired) electrons. The number of nitrogens with zero attached hydrogens (tertiary/aromatic N) is 4. The van der Waals surface area contributed by atoms with Crippen LogP contribution in [0.25, 0.3) is 5.65 Å². The molecule has 0 aliphatic heterocycles. The van der Waals surface area contributed by atoms with Gasteiger partial charge in [0.25, 0.3) is 5.91 Å². The minimum atomic E-state index is -4.59. The lowest BCUT2D eigenvalue weighted by molar-refractivity contribution is -0.137. The van der Waals surface area contributed by atoms with Crippen LogP contribution in [-0.4, -0.2) is 25.5 Å². The molecule has 3 aromatic heterocycles. The number of carbonyl (C=O) groups excluding carboxylic acids is 1. The molecule has 12 heteroatoms. The Bertz CT molecular complexity index is 1010. The van der Waals surface area contributed by atoms with Crippen LogP contribution in [0.4, 0.5) is 13.2 Å². The van der Waals surface area contributed by atoms with Crippen LogP contribution in [0.1, 0.15) is 21.7 Å². The van der Waals surface area contributed by atoms with Gasteiger partial charge in [0.05, 0.1) is 27.7 Å². The van der Waals surface area contributed by atoms with Gasteiger partial charge in [-0.2, -0.15) is 13.2 Å². The van der Waals surface area contributed by atoms with Crippen molar-refractivity contribution in [2.45, 2.75) is 12.7 Å². The van der Waals surface area contributed by atoms with Crippen molar-refractivity contribution >= 4 is 46.4 Å². The van der Waals surface area contributed by atoms with Gasteiger partial charge in [0, 0.05) is 12.4 Å². The summed E-state index contributed by atoms with van der Waals surface area (Å²) in [4.78, 5) is 15.9. The van der Waals surface area contributed by atoms with Crippen molar-refractivity contribution in [3.05, 3.63) is 56.7 Å². The molecule has 1 amide bonds. The molecule has 136 valence electrons. The standard InChI is InChI=1S/C14H7Cl3F3N5O/c15-8-1-6(3-21-11(8)17)13(26)22-4-10-23-24-12-9(16)2-7(5-25(10)12)14(18,19)20/h1-3,5H,4H2,(H,22,26). The van der Waals surface area contributed by atoms with E-state index in [1.807, 2.05) is 0 Å². The molecule has 3 aromatic rings. The molecule has 0 fully saturated rings. The summed E-state index contributed by atoms with van der Waals surface area (Å²) in [6.45, 7) is -0.197. The summed E-state index contributed by atoms with van der Waals surface area (Å²) < 4.78 is 39.8. The number of rotatable bonds is 3. The number of amides is 1. The van der Waals surface area contributed by atoms with Gasteiger partial charge >= 0.3 is 6.18 Å². The van der Waals surface area contributed by atoms with Gasteiger partial charge in [0.1, 0.15) is 5.15 Å². The molecular weight excluding hydrogens is 418 g/mol. The van der Waals surface area contributed by atoms with Gasteiger partial charge in [-0.3, -0.25) is 9.20 Å². The molecule has 3 rings (SSSR count). The highest BCUT2D eigenvalue weighted by atomic mass is 35.5. The van der Waals surface area contributed by atoms with E-state index in [0.717, 1.165) is 16.7 Å². The maximum Gasteiger partial charge on any atom is 0.417 e. The van der Waals surface area contributed by atoms with Crippen LogP contribution in [0.15, 0.2) is 24.5 Å². The first-order chi connectivity index (χ1) is 12.2. The quantitative estimate of drug-likeness (QED) is 0.644. The van der Waals surface area contributed by atoms with Gasteiger partial charge in [0.2, 0.25) is 0 Å². The van der Waals surface area contributed by atoms with E-state index in [9.17, 15) is 18.0 Å². The molecular formula is C14H7Cl3F3N5O. The number of alkyl halides is 3. The molecule has 6 nitrogen and oxygen atoms in total. The molecule has 0 aliphatic rings. The lowest BCUT2D eigenvalue weighted by atomic mass is 10.2. The van der Waals surface area contributed by atoms with Crippen LogP contribution in [0.3, 0.4) is 0 Å². The van der Waals surface area contributed by atoms with Gasteiger partial charge in [0.15, 0.2) is 11.5 Å². The minimum absolute atomic E-state index is 0.0418. The van der Waals surface area contributed by atoms with E-state index in [-0.39, 0.29) is 38.8 Å². The van der Waals surface area contributed by atoms with E-state index in [1.165, 1.54) is 12.3 Å². The molecule has 0 aliphatic carbocycles. The third-order valence-electron chi connectivity index (χ3n) is 3.32. The summed E-state index contributed by atoms with van der Waals surface area (Å²) in [7, 11) is 0. The van der Waals surface area contributed by atoms with Gasteiger partial charge in [-0.15, -0.1) is 10.2 Å². The number of halogens is 6. The first-order valence-electron chi connectivity index (χ1n) is 6.86. The smallest absolute Gasteiger partial charge is 0.345 e. The minimum Gasteiger partial charge on any atom is -0.345 e. The fraction of sp³-hybridized carbons (Fsp3) is 0.143. The van der Waals surface area contributed by atoms with Gasteiger partial charge in [-0.05, 0) is 12.1 Å². The third kappa shape index (κ3) is 3.69.